The van der Waals surface area contributed by atoms with Crippen LogP contribution < -0.4 is 5.32 Å². The number of urea groups is 1. The van der Waals surface area contributed by atoms with Gasteiger partial charge in [-0.15, -0.1) is 11.3 Å². The molecule has 1 heterocycles. The lowest BCUT2D eigenvalue weighted by Crippen LogP contribution is -2.42. The molecule has 2 rings (SSSR count). The molecule has 1 aromatic heterocycles. The average molecular weight is 333 g/mol. The highest BCUT2D eigenvalue weighted by Gasteiger charge is 2.19. The van der Waals surface area contributed by atoms with Crippen LogP contribution in [0.1, 0.15) is 35.5 Å². The molecule has 0 spiro atoms. The van der Waals surface area contributed by atoms with Gasteiger partial charge in [0, 0.05) is 18.1 Å². The van der Waals surface area contributed by atoms with Crippen LogP contribution in [-0.2, 0) is 6.54 Å². The highest BCUT2D eigenvalue weighted by atomic mass is 32.1. The van der Waals surface area contributed by atoms with E-state index < -0.39 is 0 Å². The molecule has 1 aromatic carbocycles. The Balaban J connectivity index is 2.04. The van der Waals surface area contributed by atoms with E-state index in [1.807, 2.05) is 43.5 Å². The molecule has 6 heteroatoms. The summed E-state index contributed by atoms with van der Waals surface area (Å²) >= 11 is 1.50. The van der Waals surface area contributed by atoms with Crippen molar-refractivity contribution in [1.82, 2.24) is 15.2 Å². The molecule has 0 fully saturated rings. The minimum absolute atomic E-state index is 0.0411. The second-order valence-electron chi connectivity index (χ2n) is 5.39. The molecule has 2 N–H and O–H groups in total. The Morgan fingerprint density at radius 3 is 2.70 bits per heavy atom. The number of hydrogen-bond acceptors (Lipinski definition) is 4. The second-order valence-corrected chi connectivity index (χ2v) is 6.37. The first-order valence-electron chi connectivity index (χ1n) is 7.75. The van der Waals surface area contributed by atoms with Crippen molar-refractivity contribution in [1.29, 1.82) is 0 Å². The van der Waals surface area contributed by atoms with Gasteiger partial charge in [-0.1, -0.05) is 36.8 Å². The fourth-order valence-electron chi connectivity index (χ4n) is 2.33. The molecule has 2 amide bonds. The maximum absolute atomic E-state index is 12.5. The van der Waals surface area contributed by atoms with E-state index in [1.165, 1.54) is 16.9 Å². The van der Waals surface area contributed by atoms with Crippen molar-refractivity contribution in [2.75, 3.05) is 13.2 Å². The summed E-state index contributed by atoms with van der Waals surface area (Å²) in [6.45, 7) is 4.71. The number of amides is 2. The first-order chi connectivity index (χ1) is 11.1. The fraction of sp³-hybridized carbons (Fsp3) is 0.412. The Morgan fingerprint density at radius 2 is 2.13 bits per heavy atom. The van der Waals surface area contributed by atoms with Gasteiger partial charge in [-0.2, -0.15) is 0 Å². The van der Waals surface area contributed by atoms with Gasteiger partial charge in [0.25, 0.3) is 0 Å². The maximum atomic E-state index is 12.5. The van der Waals surface area contributed by atoms with Crippen LogP contribution in [0.25, 0.3) is 0 Å². The lowest BCUT2D eigenvalue weighted by Gasteiger charge is -2.25. The summed E-state index contributed by atoms with van der Waals surface area (Å²) in [4.78, 5) is 18.3. The van der Waals surface area contributed by atoms with Gasteiger partial charge in [0.2, 0.25) is 0 Å². The number of aliphatic hydroxyl groups excluding tert-OH is 1. The van der Waals surface area contributed by atoms with Gasteiger partial charge in [0.1, 0.15) is 5.01 Å². The van der Waals surface area contributed by atoms with Gasteiger partial charge in [-0.25, -0.2) is 9.78 Å². The Hall–Kier alpha value is -1.92. The number of thiazole rings is 1. The highest BCUT2D eigenvalue weighted by molar-refractivity contribution is 7.09. The van der Waals surface area contributed by atoms with Crippen LogP contribution in [0, 0.1) is 6.92 Å². The molecular formula is C17H23N3O2S. The summed E-state index contributed by atoms with van der Waals surface area (Å²) in [5, 5.41) is 15.0. The van der Waals surface area contributed by atoms with E-state index in [1.54, 1.807) is 11.1 Å². The predicted molar refractivity (Wildman–Crippen MR) is 92.4 cm³/mol. The molecule has 1 unspecified atom stereocenters. The first-order valence-corrected chi connectivity index (χ1v) is 8.63. The van der Waals surface area contributed by atoms with Crippen molar-refractivity contribution in [2.45, 2.75) is 32.9 Å². The van der Waals surface area contributed by atoms with E-state index in [0.29, 0.717) is 6.54 Å². The zero-order valence-electron chi connectivity index (χ0n) is 13.5. The Labute approximate surface area is 141 Å². The minimum atomic E-state index is -0.179. The lowest BCUT2D eigenvalue weighted by molar-refractivity contribution is 0.170. The molecule has 0 aliphatic carbocycles. The van der Waals surface area contributed by atoms with Gasteiger partial charge in [0.15, 0.2) is 0 Å². The van der Waals surface area contributed by atoms with Crippen LogP contribution in [0.2, 0.25) is 0 Å². The molecule has 0 aliphatic rings. The topological polar surface area (TPSA) is 65.5 Å². The number of aromatic nitrogens is 1. The van der Waals surface area contributed by atoms with E-state index in [2.05, 4.69) is 10.3 Å². The van der Waals surface area contributed by atoms with Crippen molar-refractivity contribution in [2.24, 2.45) is 0 Å². The third-order valence-electron chi connectivity index (χ3n) is 3.65. The van der Waals surface area contributed by atoms with Crippen molar-refractivity contribution in [3.63, 3.8) is 0 Å². The zero-order chi connectivity index (χ0) is 16.7. The number of carbonyl (C=O) groups excluding carboxylic acids is 1. The smallest absolute Gasteiger partial charge is 0.318 e. The van der Waals surface area contributed by atoms with Crippen molar-refractivity contribution in [3.05, 3.63) is 52.0 Å². The molecule has 0 aliphatic heterocycles. The molecular weight excluding hydrogens is 310 g/mol. The summed E-state index contributed by atoms with van der Waals surface area (Å²) < 4.78 is 0. The number of nitrogens with zero attached hydrogens (tertiary/aromatic N) is 2. The monoisotopic (exact) mass is 333 g/mol. The summed E-state index contributed by atoms with van der Waals surface area (Å²) in [5.74, 6) is 0. The number of nitrogens with one attached hydrogen (secondary N) is 1. The second kappa shape index (κ2) is 8.64. The third-order valence-corrected chi connectivity index (χ3v) is 4.42. The molecule has 0 saturated heterocycles. The largest absolute Gasteiger partial charge is 0.395 e. The van der Waals surface area contributed by atoms with Gasteiger partial charge >= 0.3 is 6.03 Å². The van der Waals surface area contributed by atoms with Crippen molar-refractivity contribution >= 4 is 17.4 Å². The van der Waals surface area contributed by atoms with Crippen molar-refractivity contribution in [3.8, 4) is 0 Å². The fourth-order valence-corrected chi connectivity index (χ4v) is 2.96. The molecule has 5 nitrogen and oxygen atoms in total. The van der Waals surface area contributed by atoms with Gasteiger partial charge in [0.05, 0.1) is 19.2 Å². The normalized spacial score (nSPS) is 12.0. The number of carbonyl (C=O) groups is 1. The first kappa shape index (κ1) is 17.4. The number of benzene rings is 1. The quantitative estimate of drug-likeness (QED) is 0.818. The van der Waals surface area contributed by atoms with Gasteiger partial charge in [-0.05, 0) is 18.9 Å². The highest BCUT2D eigenvalue weighted by Crippen LogP contribution is 2.18. The molecule has 0 bridgehead atoms. The standard InChI is InChI=1S/C17H23N3O2S/c1-3-15(14-6-4-13(2)5-7-14)19-17(22)20(9-10-21)12-16-18-8-11-23-16/h4-8,11,15,21H,3,9-10,12H2,1-2H3,(H,19,22). The van der Waals surface area contributed by atoms with E-state index >= 15 is 0 Å². The average Bonchev–Trinajstić information content (AvgIpc) is 3.06. The Morgan fingerprint density at radius 1 is 1.39 bits per heavy atom. The van der Waals surface area contributed by atoms with Crippen LogP contribution >= 0.6 is 11.3 Å². The summed E-state index contributed by atoms with van der Waals surface area (Å²) in [6.07, 6.45) is 2.52. The van der Waals surface area contributed by atoms with Crippen LogP contribution in [0.5, 0.6) is 0 Å². The summed E-state index contributed by atoms with van der Waals surface area (Å²) in [6, 6.07) is 7.96. The predicted octanol–water partition coefficient (Wildman–Crippen LogP) is 3.11. The number of hydrogen-bond donors (Lipinski definition) is 2. The molecule has 2 aromatic rings. The van der Waals surface area contributed by atoms with E-state index in [-0.39, 0.29) is 25.2 Å². The summed E-state index contributed by atoms with van der Waals surface area (Å²) in [5.41, 5.74) is 2.28. The molecule has 0 saturated carbocycles. The van der Waals surface area contributed by atoms with Gasteiger partial charge < -0.3 is 15.3 Å². The summed E-state index contributed by atoms with van der Waals surface area (Å²) in [7, 11) is 0. The van der Waals surface area contributed by atoms with E-state index in [9.17, 15) is 9.90 Å². The van der Waals surface area contributed by atoms with Crippen molar-refractivity contribution < 1.29 is 9.90 Å². The Bertz CT molecular complexity index is 599. The van der Waals surface area contributed by atoms with Crippen LogP contribution in [0.3, 0.4) is 0 Å². The maximum Gasteiger partial charge on any atom is 0.318 e. The number of aryl methyl sites for hydroxylation is 1. The number of aliphatic hydroxyl groups is 1. The minimum Gasteiger partial charge on any atom is -0.395 e. The lowest BCUT2D eigenvalue weighted by atomic mass is 10.0. The number of rotatable bonds is 7. The SMILES string of the molecule is CCC(NC(=O)N(CCO)Cc1nccs1)c1ccc(C)cc1. The zero-order valence-corrected chi connectivity index (χ0v) is 14.3. The third kappa shape index (κ3) is 5.04. The molecule has 1 atom stereocenters. The molecule has 124 valence electrons. The van der Waals surface area contributed by atoms with Gasteiger partial charge in [-0.3, -0.25) is 0 Å². The molecule has 0 radical (unpaired) electrons. The van der Waals surface area contributed by atoms with E-state index in [4.69, 9.17) is 0 Å². The van der Waals surface area contributed by atoms with Crippen LogP contribution in [0.15, 0.2) is 35.8 Å². The Kier molecular flexibility index (Phi) is 6.55. The van der Waals surface area contributed by atoms with Crippen LogP contribution in [0.4, 0.5) is 4.79 Å². The van der Waals surface area contributed by atoms with E-state index in [0.717, 1.165) is 17.0 Å². The molecule has 23 heavy (non-hydrogen) atoms. The van der Waals surface area contributed by atoms with Crippen LogP contribution in [-0.4, -0.2) is 34.2 Å².